The van der Waals surface area contributed by atoms with Crippen LogP contribution in [0.3, 0.4) is 0 Å². The molecule has 0 aliphatic heterocycles. The van der Waals surface area contributed by atoms with E-state index in [9.17, 15) is 0 Å². The molecule has 88 valence electrons. The maximum absolute atomic E-state index is 9.07. The van der Waals surface area contributed by atoms with Crippen LogP contribution in [0.2, 0.25) is 0 Å². The van der Waals surface area contributed by atoms with Crippen molar-refractivity contribution >= 4 is 26.8 Å². The third-order valence-electron chi connectivity index (χ3n) is 2.99. The van der Waals surface area contributed by atoms with Crippen molar-refractivity contribution in [2.45, 2.75) is 0 Å². The van der Waals surface area contributed by atoms with Crippen LogP contribution in [0.5, 0.6) is 0 Å². The predicted octanol–water partition coefficient (Wildman–Crippen LogP) is 3.20. The smallest absolute Gasteiger partial charge is 0.154 e. The zero-order chi connectivity index (χ0) is 12.7. The second kappa shape index (κ2) is 4.00. The average molecular weight is 301 g/mol. The van der Waals surface area contributed by atoms with Crippen molar-refractivity contribution in [3.8, 4) is 17.5 Å². The summed E-state index contributed by atoms with van der Waals surface area (Å²) in [5, 5.41) is 10.2. The Morgan fingerprint density at radius 3 is 2.89 bits per heavy atom. The van der Waals surface area contributed by atoms with E-state index in [1.54, 1.807) is 4.57 Å². The van der Waals surface area contributed by atoms with Gasteiger partial charge in [0.05, 0.1) is 0 Å². The monoisotopic (exact) mass is 300 g/mol. The summed E-state index contributed by atoms with van der Waals surface area (Å²) in [6.07, 6.45) is 1.92. The first kappa shape index (κ1) is 11.1. The van der Waals surface area contributed by atoms with E-state index in [1.165, 1.54) is 0 Å². The minimum atomic E-state index is 0.523. The molecule has 0 atom stereocenters. The molecule has 0 amide bonds. The number of fused-ring (bicyclic) bond motifs is 1. The third kappa shape index (κ3) is 1.46. The summed E-state index contributed by atoms with van der Waals surface area (Å²) in [5.74, 6) is 0.774. The van der Waals surface area contributed by atoms with Crippen LogP contribution >= 0.6 is 15.9 Å². The Morgan fingerprint density at radius 2 is 2.17 bits per heavy atom. The fraction of sp³-hybridized carbons (Fsp3) is 0.0769. The summed E-state index contributed by atoms with van der Waals surface area (Å²) in [5.41, 5.74) is 2.58. The van der Waals surface area contributed by atoms with Crippen molar-refractivity contribution in [1.82, 2.24) is 14.5 Å². The number of rotatable bonds is 1. The highest BCUT2D eigenvalue weighted by Crippen LogP contribution is 2.30. The predicted molar refractivity (Wildman–Crippen MR) is 72.9 cm³/mol. The molecule has 0 bridgehead atoms. The SMILES string of the molecule is Cn1c(-c2c[nH]c3ccccc23)nc(Br)c1C#N. The van der Waals surface area contributed by atoms with Crippen molar-refractivity contribution in [3.05, 3.63) is 40.8 Å². The van der Waals surface area contributed by atoms with Crippen molar-refractivity contribution in [1.29, 1.82) is 5.26 Å². The minimum absolute atomic E-state index is 0.523. The minimum Gasteiger partial charge on any atom is -0.360 e. The highest BCUT2D eigenvalue weighted by atomic mass is 79.9. The molecule has 2 aromatic heterocycles. The number of nitrogens with zero attached hydrogens (tertiary/aromatic N) is 3. The van der Waals surface area contributed by atoms with Gasteiger partial charge in [0.25, 0.3) is 0 Å². The summed E-state index contributed by atoms with van der Waals surface area (Å²) < 4.78 is 2.37. The third-order valence-corrected chi connectivity index (χ3v) is 3.54. The van der Waals surface area contributed by atoms with Crippen molar-refractivity contribution in [2.75, 3.05) is 0 Å². The second-order valence-electron chi connectivity index (χ2n) is 3.99. The number of hydrogen-bond donors (Lipinski definition) is 1. The van der Waals surface area contributed by atoms with Gasteiger partial charge >= 0.3 is 0 Å². The van der Waals surface area contributed by atoms with E-state index in [2.05, 4.69) is 32.0 Å². The zero-order valence-corrected chi connectivity index (χ0v) is 11.2. The van der Waals surface area contributed by atoms with Gasteiger partial charge in [-0.1, -0.05) is 18.2 Å². The first-order valence-electron chi connectivity index (χ1n) is 5.41. The Labute approximate surface area is 112 Å². The van der Waals surface area contributed by atoms with Crippen molar-refractivity contribution in [2.24, 2.45) is 7.05 Å². The van der Waals surface area contributed by atoms with Gasteiger partial charge in [-0.25, -0.2) is 4.98 Å². The molecule has 0 spiro atoms. The van der Waals surface area contributed by atoms with Crippen LogP contribution in [-0.2, 0) is 7.05 Å². The number of aromatic nitrogens is 3. The molecule has 0 fully saturated rings. The number of halogens is 1. The van der Waals surface area contributed by atoms with E-state index in [1.807, 2.05) is 37.5 Å². The lowest BCUT2D eigenvalue weighted by molar-refractivity contribution is 0.908. The largest absolute Gasteiger partial charge is 0.360 e. The summed E-state index contributed by atoms with van der Waals surface area (Å²) in [7, 11) is 1.84. The molecule has 1 aromatic carbocycles. The van der Waals surface area contributed by atoms with Crippen LogP contribution in [0.15, 0.2) is 35.1 Å². The van der Waals surface area contributed by atoms with Crippen LogP contribution in [0.4, 0.5) is 0 Å². The van der Waals surface area contributed by atoms with Gasteiger partial charge in [-0.2, -0.15) is 5.26 Å². The number of hydrogen-bond acceptors (Lipinski definition) is 2. The Kier molecular flexibility index (Phi) is 2.46. The van der Waals surface area contributed by atoms with E-state index in [0.29, 0.717) is 10.3 Å². The first-order chi connectivity index (χ1) is 8.72. The zero-order valence-electron chi connectivity index (χ0n) is 9.61. The Bertz CT molecular complexity index is 776. The van der Waals surface area contributed by atoms with Gasteiger partial charge < -0.3 is 9.55 Å². The van der Waals surface area contributed by atoms with Crippen LogP contribution in [-0.4, -0.2) is 14.5 Å². The van der Waals surface area contributed by atoms with Gasteiger partial charge in [0.2, 0.25) is 0 Å². The standard InChI is InChI=1S/C13H9BrN4/c1-18-11(6-15)12(14)17-13(18)9-7-16-10-5-3-2-4-8(9)10/h2-5,7,16H,1H3. The molecule has 0 saturated carbocycles. The molecule has 0 radical (unpaired) electrons. The number of aromatic amines is 1. The number of imidazole rings is 1. The highest BCUT2D eigenvalue weighted by Gasteiger charge is 2.16. The average Bonchev–Trinajstić information content (AvgIpc) is 2.91. The number of para-hydroxylation sites is 1. The van der Waals surface area contributed by atoms with Gasteiger partial charge in [0.1, 0.15) is 16.5 Å². The molecule has 1 N–H and O–H groups in total. The molecule has 0 aliphatic rings. The lowest BCUT2D eigenvalue weighted by Gasteiger charge is -2.00. The van der Waals surface area contributed by atoms with E-state index >= 15 is 0 Å². The molecule has 18 heavy (non-hydrogen) atoms. The van der Waals surface area contributed by atoms with Crippen LogP contribution in [0.25, 0.3) is 22.3 Å². The van der Waals surface area contributed by atoms with Gasteiger partial charge in [0.15, 0.2) is 5.69 Å². The fourth-order valence-electron chi connectivity index (χ4n) is 2.08. The van der Waals surface area contributed by atoms with Gasteiger partial charge in [0, 0.05) is 29.7 Å². The van der Waals surface area contributed by atoms with E-state index in [-0.39, 0.29) is 0 Å². The number of benzene rings is 1. The van der Waals surface area contributed by atoms with Gasteiger partial charge in [-0.05, 0) is 22.0 Å². The summed E-state index contributed by atoms with van der Waals surface area (Å²) in [4.78, 5) is 7.62. The molecule has 3 rings (SSSR count). The van der Waals surface area contributed by atoms with Crippen LogP contribution < -0.4 is 0 Å². The summed E-state index contributed by atoms with van der Waals surface area (Å²) in [6.45, 7) is 0. The molecule has 2 heterocycles. The summed E-state index contributed by atoms with van der Waals surface area (Å²) >= 11 is 3.31. The number of H-pyrrole nitrogens is 1. The van der Waals surface area contributed by atoms with Crippen LogP contribution in [0, 0.1) is 11.3 Å². The first-order valence-corrected chi connectivity index (χ1v) is 6.20. The molecule has 3 aromatic rings. The number of nitriles is 1. The Balaban J connectivity index is 2.31. The van der Waals surface area contributed by atoms with E-state index in [4.69, 9.17) is 5.26 Å². The molecule has 5 heteroatoms. The second-order valence-corrected chi connectivity index (χ2v) is 4.74. The van der Waals surface area contributed by atoms with E-state index in [0.717, 1.165) is 22.3 Å². The maximum atomic E-state index is 9.07. The molecule has 0 saturated heterocycles. The summed E-state index contributed by atoms with van der Waals surface area (Å²) in [6, 6.07) is 10.2. The molecular formula is C13H9BrN4. The topological polar surface area (TPSA) is 57.4 Å². The van der Waals surface area contributed by atoms with Gasteiger partial charge in [-0.3, -0.25) is 0 Å². The quantitative estimate of drug-likeness (QED) is 0.750. The molecule has 0 unspecified atom stereocenters. The normalized spacial score (nSPS) is 10.7. The molecule has 0 aliphatic carbocycles. The Hall–Kier alpha value is -2.06. The highest BCUT2D eigenvalue weighted by molar-refractivity contribution is 9.10. The Morgan fingerprint density at radius 1 is 1.39 bits per heavy atom. The fourth-order valence-corrected chi connectivity index (χ4v) is 2.61. The van der Waals surface area contributed by atoms with Gasteiger partial charge in [-0.15, -0.1) is 0 Å². The molecular weight excluding hydrogens is 292 g/mol. The van der Waals surface area contributed by atoms with Crippen molar-refractivity contribution in [3.63, 3.8) is 0 Å². The maximum Gasteiger partial charge on any atom is 0.154 e. The lowest BCUT2D eigenvalue weighted by Crippen LogP contribution is -1.94. The van der Waals surface area contributed by atoms with E-state index < -0.39 is 0 Å². The lowest BCUT2D eigenvalue weighted by atomic mass is 10.1. The number of nitrogens with one attached hydrogen (secondary N) is 1. The molecule has 4 nitrogen and oxygen atoms in total. The van der Waals surface area contributed by atoms with Crippen molar-refractivity contribution < 1.29 is 0 Å². The van der Waals surface area contributed by atoms with Crippen LogP contribution in [0.1, 0.15) is 5.69 Å².